The van der Waals surface area contributed by atoms with Crippen LogP contribution in [0.15, 0.2) is 91.0 Å². The van der Waals surface area contributed by atoms with Gasteiger partial charge in [-0.05, 0) is 16.7 Å². The van der Waals surface area contributed by atoms with Crippen molar-refractivity contribution in [3.63, 3.8) is 0 Å². The molecule has 0 saturated heterocycles. The molecule has 0 amide bonds. The summed E-state index contributed by atoms with van der Waals surface area (Å²) >= 11 is 0. The second-order valence-corrected chi connectivity index (χ2v) is 5.89. The zero-order valence-corrected chi connectivity index (χ0v) is 13.1. The molecule has 0 aromatic heterocycles. The Hall–Kier alpha value is -2.42. The minimum Gasteiger partial charge on any atom is -0.374 e. The Bertz CT molecular complexity index is 686. The van der Waals surface area contributed by atoms with Crippen LogP contribution in [0.25, 0.3) is 0 Å². The molecule has 0 aliphatic heterocycles. The van der Waals surface area contributed by atoms with E-state index in [2.05, 4.69) is 17.9 Å². The summed E-state index contributed by atoms with van der Waals surface area (Å²) in [7, 11) is 0. The van der Waals surface area contributed by atoms with Crippen molar-refractivity contribution in [2.75, 3.05) is 0 Å². The molecule has 0 aliphatic carbocycles. The fraction of sp³-hybridized carbons (Fsp3) is 0.143. The normalized spacial score (nSPS) is 12.8. The summed E-state index contributed by atoms with van der Waals surface area (Å²) in [6.45, 7) is 0. The second kappa shape index (κ2) is 6.78. The Labute approximate surface area is 137 Å². The Morgan fingerprint density at radius 3 is 1.52 bits per heavy atom. The third-order valence-corrected chi connectivity index (χ3v) is 4.34. The SMILES string of the molecule is [NH3+][C@@H](Cc1ccccc1)C(O)(c1ccccc1)c1ccccc1. The van der Waals surface area contributed by atoms with Crippen LogP contribution in [0.5, 0.6) is 0 Å². The van der Waals surface area contributed by atoms with E-state index in [1.807, 2.05) is 78.9 Å². The van der Waals surface area contributed by atoms with E-state index in [1.54, 1.807) is 0 Å². The first-order valence-corrected chi connectivity index (χ1v) is 7.91. The smallest absolute Gasteiger partial charge is 0.166 e. The predicted molar refractivity (Wildman–Crippen MR) is 92.7 cm³/mol. The van der Waals surface area contributed by atoms with Gasteiger partial charge in [0.05, 0.1) is 0 Å². The highest BCUT2D eigenvalue weighted by Crippen LogP contribution is 2.32. The quantitative estimate of drug-likeness (QED) is 0.748. The van der Waals surface area contributed by atoms with Gasteiger partial charge in [0, 0.05) is 6.42 Å². The number of rotatable bonds is 5. The number of quaternary nitrogens is 1. The highest BCUT2D eigenvalue weighted by atomic mass is 16.3. The number of hydrogen-bond acceptors (Lipinski definition) is 1. The Morgan fingerprint density at radius 2 is 1.09 bits per heavy atom. The molecule has 116 valence electrons. The van der Waals surface area contributed by atoms with Crippen molar-refractivity contribution < 1.29 is 10.8 Å². The number of aliphatic hydroxyl groups is 1. The maximum absolute atomic E-state index is 11.6. The highest BCUT2D eigenvalue weighted by Gasteiger charge is 2.40. The van der Waals surface area contributed by atoms with Crippen LogP contribution in [-0.4, -0.2) is 11.1 Å². The minimum atomic E-state index is -1.11. The van der Waals surface area contributed by atoms with Gasteiger partial charge in [0.1, 0.15) is 6.04 Å². The van der Waals surface area contributed by atoms with Gasteiger partial charge in [0.2, 0.25) is 0 Å². The van der Waals surface area contributed by atoms with Crippen molar-refractivity contribution in [1.82, 2.24) is 0 Å². The summed E-state index contributed by atoms with van der Waals surface area (Å²) in [6.07, 6.45) is 0.709. The standard InChI is InChI=1S/C21H21NO/c22-20(16-17-10-4-1-5-11-17)21(23,18-12-6-2-7-13-18)19-14-8-3-9-15-19/h1-15,20,23H,16,22H2/p+1/t20-/m0/s1. The monoisotopic (exact) mass is 304 g/mol. The molecule has 23 heavy (non-hydrogen) atoms. The van der Waals surface area contributed by atoms with E-state index in [4.69, 9.17) is 0 Å². The van der Waals surface area contributed by atoms with E-state index in [9.17, 15) is 5.11 Å². The first kappa shape index (κ1) is 15.5. The van der Waals surface area contributed by atoms with E-state index in [-0.39, 0.29) is 6.04 Å². The zero-order valence-electron chi connectivity index (χ0n) is 13.1. The van der Waals surface area contributed by atoms with E-state index < -0.39 is 5.60 Å². The van der Waals surface area contributed by atoms with Crippen molar-refractivity contribution in [2.45, 2.75) is 18.1 Å². The molecule has 0 unspecified atom stereocenters. The largest absolute Gasteiger partial charge is 0.374 e. The Morgan fingerprint density at radius 1 is 0.696 bits per heavy atom. The van der Waals surface area contributed by atoms with Gasteiger partial charge in [0.25, 0.3) is 0 Å². The van der Waals surface area contributed by atoms with Gasteiger partial charge in [0.15, 0.2) is 5.60 Å². The molecule has 0 spiro atoms. The molecular formula is C21H22NO+. The molecule has 3 rings (SSSR count). The third kappa shape index (κ3) is 3.19. The third-order valence-electron chi connectivity index (χ3n) is 4.34. The van der Waals surface area contributed by atoms with Crippen molar-refractivity contribution in [3.05, 3.63) is 108 Å². The molecule has 1 atom stereocenters. The molecule has 0 heterocycles. The maximum atomic E-state index is 11.6. The average molecular weight is 304 g/mol. The van der Waals surface area contributed by atoms with Crippen LogP contribution in [0.1, 0.15) is 16.7 Å². The fourth-order valence-electron chi connectivity index (χ4n) is 3.07. The predicted octanol–water partition coefficient (Wildman–Crippen LogP) is 2.78. The van der Waals surface area contributed by atoms with Gasteiger partial charge in [-0.2, -0.15) is 0 Å². The maximum Gasteiger partial charge on any atom is 0.166 e. The summed E-state index contributed by atoms with van der Waals surface area (Å²) < 4.78 is 0. The van der Waals surface area contributed by atoms with Crippen LogP contribution in [0.3, 0.4) is 0 Å². The van der Waals surface area contributed by atoms with Gasteiger partial charge in [-0.3, -0.25) is 0 Å². The van der Waals surface area contributed by atoms with Crippen LogP contribution in [0, 0.1) is 0 Å². The summed E-state index contributed by atoms with van der Waals surface area (Å²) in [5.74, 6) is 0. The van der Waals surface area contributed by atoms with Crippen molar-refractivity contribution in [2.24, 2.45) is 0 Å². The molecule has 0 bridgehead atoms. The van der Waals surface area contributed by atoms with Crippen LogP contribution >= 0.6 is 0 Å². The lowest BCUT2D eigenvalue weighted by Gasteiger charge is -2.32. The molecular weight excluding hydrogens is 282 g/mol. The molecule has 0 fully saturated rings. The van der Waals surface area contributed by atoms with E-state index in [1.165, 1.54) is 5.56 Å². The molecule has 2 nitrogen and oxygen atoms in total. The zero-order chi connectivity index (χ0) is 16.1. The fourth-order valence-corrected chi connectivity index (χ4v) is 3.07. The van der Waals surface area contributed by atoms with Gasteiger partial charge in [-0.15, -0.1) is 0 Å². The van der Waals surface area contributed by atoms with Crippen molar-refractivity contribution in [3.8, 4) is 0 Å². The second-order valence-electron chi connectivity index (χ2n) is 5.89. The Balaban J connectivity index is 2.02. The number of hydrogen-bond donors (Lipinski definition) is 2. The van der Waals surface area contributed by atoms with Crippen LogP contribution in [0.2, 0.25) is 0 Å². The van der Waals surface area contributed by atoms with Gasteiger partial charge < -0.3 is 10.8 Å². The molecule has 0 radical (unpaired) electrons. The highest BCUT2D eigenvalue weighted by molar-refractivity contribution is 5.38. The van der Waals surface area contributed by atoms with E-state index in [0.29, 0.717) is 6.42 Å². The lowest BCUT2D eigenvalue weighted by molar-refractivity contribution is -0.451. The summed E-state index contributed by atoms with van der Waals surface area (Å²) in [5.41, 5.74) is 6.13. The van der Waals surface area contributed by atoms with Crippen LogP contribution < -0.4 is 5.73 Å². The topological polar surface area (TPSA) is 47.9 Å². The minimum absolute atomic E-state index is 0.199. The molecule has 3 aromatic carbocycles. The van der Waals surface area contributed by atoms with Crippen molar-refractivity contribution in [1.29, 1.82) is 0 Å². The van der Waals surface area contributed by atoms with E-state index >= 15 is 0 Å². The van der Waals surface area contributed by atoms with Gasteiger partial charge in [-0.1, -0.05) is 91.0 Å². The Kier molecular flexibility index (Phi) is 4.56. The van der Waals surface area contributed by atoms with Crippen LogP contribution in [-0.2, 0) is 12.0 Å². The molecule has 2 heteroatoms. The lowest BCUT2D eigenvalue weighted by Crippen LogP contribution is -2.71. The van der Waals surface area contributed by atoms with Gasteiger partial charge >= 0.3 is 0 Å². The van der Waals surface area contributed by atoms with E-state index in [0.717, 1.165) is 11.1 Å². The average Bonchev–Trinajstić information content (AvgIpc) is 2.63. The molecule has 0 aliphatic rings. The molecule has 0 saturated carbocycles. The van der Waals surface area contributed by atoms with Crippen LogP contribution in [0.4, 0.5) is 0 Å². The summed E-state index contributed by atoms with van der Waals surface area (Å²) in [4.78, 5) is 0. The first-order valence-electron chi connectivity index (χ1n) is 7.91. The number of benzene rings is 3. The first-order chi connectivity index (χ1) is 11.2. The molecule has 3 aromatic rings. The van der Waals surface area contributed by atoms with Gasteiger partial charge in [-0.25, -0.2) is 0 Å². The van der Waals surface area contributed by atoms with Crippen molar-refractivity contribution >= 4 is 0 Å². The lowest BCUT2D eigenvalue weighted by atomic mass is 9.78. The molecule has 4 N–H and O–H groups in total. The summed E-state index contributed by atoms with van der Waals surface area (Å²) in [6, 6.07) is 29.6. The summed E-state index contributed by atoms with van der Waals surface area (Å²) in [5, 5.41) is 11.6.